The summed E-state index contributed by atoms with van der Waals surface area (Å²) >= 11 is 6.03. The number of nitrogens with zero attached hydrogens (tertiary/aromatic N) is 2. The number of rotatable bonds is 6. The van der Waals surface area contributed by atoms with Crippen molar-refractivity contribution >= 4 is 50.1 Å². The van der Waals surface area contributed by atoms with Gasteiger partial charge in [0.05, 0.1) is 12.0 Å². The first-order valence-electron chi connectivity index (χ1n) is 12.1. The standard InChI is InChI=1S/C25H31ClN4O5S/c1-35-24(31)16-23(27)28-21-7-3-17(4-8-21)25(32)29-10-12-30(13-11-29)36(33,34)22-9-5-18-14-20(26)6-2-19(18)15-22/h2,5-6,9,14-15,17,21H,3-4,7-8,10-13,16H2,1H3,(H2,27,28)/t17-,21-. The van der Waals surface area contributed by atoms with Gasteiger partial charge in [-0.25, -0.2) is 8.42 Å². The number of ether oxygens (including phenoxy) is 1. The number of piperazine rings is 1. The van der Waals surface area contributed by atoms with Gasteiger partial charge < -0.3 is 15.0 Å². The summed E-state index contributed by atoms with van der Waals surface area (Å²) in [4.78, 5) is 26.4. The van der Waals surface area contributed by atoms with E-state index in [1.54, 1.807) is 41.3 Å². The van der Waals surface area contributed by atoms with Gasteiger partial charge in [-0.2, -0.15) is 4.31 Å². The Kier molecular flexibility index (Phi) is 8.17. The van der Waals surface area contributed by atoms with Crippen molar-refractivity contribution in [2.45, 2.75) is 43.0 Å². The number of nitrogens with one attached hydrogen (secondary N) is 2. The number of sulfonamides is 1. The zero-order chi connectivity index (χ0) is 25.9. The minimum Gasteiger partial charge on any atom is -0.469 e. The first-order chi connectivity index (χ1) is 17.2. The highest BCUT2D eigenvalue weighted by Gasteiger charge is 2.34. The van der Waals surface area contributed by atoms with Crippen molar-refractivity contribution in [3.05, 3.63) is 41.4 Å². The van der Waals surface area contributed by atoms with Gasteiger partial charge in [0, 0.05) is 43.2 Å². The largest absolute Gasteiger partial charge is 0.469 e. The molecule has 2 fully saturated rings. The van der Waals surface area contributed by atoms with E-state index in [0.29, 0.717) is 31.0 Å². The van der Waals surface area contributed by atoms with E-state index in [1.807, 2.05) is 0 Å². The molecule has 0 bridgehead atoms. The summed E-state index contributed by atoms with van der Waals surface area (Å²) in [6.45, 7) is 1.25. The van der Waals surface area contributed by atoms with Gasteiger partial charge in [-0.15, -0.1) is 0 Å². The number of halogens is 1. The topological polar surface area (TPSA) is 120 Å². The Labute approximate surface area is 216 Å². The summed E-state index contributed by atoms with van der Waals surface area (Å²) in [5.41, 5.74) is 0. The monoisotopic (exact) mass is 534 g/mol. The number of benzene rings is 2. The zero-order valence-corrected chi connectivity index (χ0v) is 21.8. The van der Waals surface area contributed by atoms with Crippen molar-refractivity contribution in [1.82, 2.24) is 14.5 Å². The third-order valence-electron chi connectivity index (χ3n) is 6.97. The van der Waals surface area contributed by atoms with Gasteiger partial charge in [-0.3, -0.25) is 15.0 Å². The van der Waals surface area contributed by atoms with Gasteiger partial charge in [0.15, 0.2) is 0 Å². The Hall–Kier alpha value is -2.69. The number of methoxy groups -OCH3 is 1. The molecule has 11 heteroatoms. The molecule has 2 aliphatic rings. The highest BCUT2D eigenvalue weighted by Crippen LogP contribution is 2.28. The summed E-state index contributed by atoms with van der Waals surface area (Å²) in [5, 5.41) is 13.2. The number of hydrogen-bond donors (Lipinski definition) is 2. The lowest BCUT2D eigenvalue weighted by Gasteiger charge is -2.37. The maximum atomic E-state index is 13.2. The van der Waals surface area contributed by atoms with E-state index in [2.05, 4.69) is 10.1 Å². The second-order valence-electron chi connectivity index (χ2n) is 9.31. The molecule has 1 amide bonds. The highest BCUT2D eigenvalue weighted by molar-refractivity contribution is 7.89. The molecule has 1 saturated heterocycles. The molecule has 1 heterocycles. The van der Waals surface area contributed by atoms with Crippen LogP contribution in [0.4, 0.5) is 0 Å². The Morgan fingerprint density at radius 3 is 2.33 bits per heavy atom. The van der Waals surface area contributed by atoms with Crippen molar-refractivity contribution in [1.29, 1.82) is 5.41 Å². The summed E-state index contributed by atoms with van der Waals surface area (Å²) in [7, 11) is -2.37. The van der Waals surface area contributed by atoms with Crippen molar-refractivity contribution in [2.24, 2.45) is 5.92 Å². The van der Waals surface area contributed by atoms with Crippen molar-refractivity contribution in [2.75, 3.05) is 33.3 Å². The second-order valence-corrected chi connectivity index (χ2v) is 11.7. The van der Waals surface area contributed by atoms with Crippen molar-refractivity contribution in [3.8, 4) is 0 Å². The molecule has 1 saturated carbocycles. The highest BCUT2D eigenvalue weighted by atomic mass is 35.5. The number of esters is 1. The minimum atomic E-state index is -3.67. The number of hydrogen-bond acceptors (Lipinski definition) is 6. The summed E-state index contributed by atoms with van der Waals surface area (Å²) in [6, 6.07) is 10.4. The summed E-state index contributed by atoms with van der Waals surface area (Å²) in [5.74, 6) is -0.363. The number of amides is 1. The van der Waals surface area contributed by atoms with Crippen LogP contribution in [0.5, 0.6) is 0 Å². The molecule has 1 aliphatic carbocycles. The molecule has 2 aromatic rings. The van der Waals surface area contributed by atoms with Gasteiger partial charge in [0.1, 0.15) is 12.3 Å². The number of carbonyl (C=O) groups excluding carboxylic acids is 2. The molecule has 4 rings (SSSR count). The molecule has 0 radical (unpaired) electrons. The maximum Gasteiger partial charge on any atom is 0.313 e. The summed E-state index contributed by atoms with van der Waals surface area (Å²) in [6.07, 6.45) is 2.78. The van der Waals surface area contributed by atoms with E-state index in [1.165, 1.54) is 11.4 Å². The van der Waals surface area contributed by atoms with Gasteiger partial charge in [-0.1, -0.05) is 23.7 Å². The first-order valence-corrected chi connectivity index (χ1v) is 13.9. The molecule has 2 aromatic carbocycles. The molecule has 194 valence electrons. The van der Waals surface area contributed by atoms with Crippen LogP contribution in [0.15, 0.2) is 41.3 Å². The summed E-state index contributed by atoms with van der Waals surface area (Å²) < 4.78 is 32.5. The Balaban J connectivity index is 1.29. The fourth-order valence-electron chi connectivity index (χ4n) is 4.91. The predicted molar refractivity (Wildman–Crippen MR) is 138 cm³/mol. The Morgan fingerprint density at radius 1 is 1.03 bits per heavy atom. The van der Waals surface area contributed by atoms with E-state index >= 15 is 0 Å². The molecule has 0 spiro atoms. The zero-order valence-electron chi connectivity index (χ0n) is 20.2. The van der Waals surface area contributed by atoms with E-state index in [4.69, 9.17) is 17.0 Å². The van der Waals surface area contributed by atoms with Gasteiger partial charge in [0.2, 0.25) is 15.9 Å². The van der Waals surface area contributed by atoms with Crippen molar-refractivity contribution < 1.29 is 22.7 Å². The molecular formula is C25H31ClN4O5S. The number of amidine groups is 1. The lowest BCUT2D eigenvalue weighted by molar-refractivity contribution is -0.139. The molecule has 9 nitrogen and oxygen atoms in total. The van der Waals surface area contributed by atoms with Crippen LogP contribution in [-0.2, 0) is 24.3 Å². The predicted octanol–water partition coefficient (Wildman–Crippen LogP) is 3.01. The van der Waals surface area contributed by atoms with Crippen LogP contribution in [0.2, 0.25) is 5.02 Å². The third kappa shape index (κ3) is 5.99. The number of carbonyl (C=O) groups is 2. The third-order valence-corrected chi connectivity index (χ3v) is 9.10. The van der Waals surface area contributed by atoms with E-state index in [9.17, 15) is 18.0 Å². The molecule has 2 N–H and O–H groups in total. The van der Waals surface area contributed by atoms with Gasteiger partial charge in [0.25, 0.3) is 0 Å². The molecule has 0 atom stereocenters. The quantitative estimate of drug-likeness (QED) is 0.334. The van der Waals surface area contributed by atoms with E-state index in [-0.39, 0.29) is 48.1 Å². The van der Waals surface area contributed by atoms with E-state index < -0.39 is 16.0 Å². The van der Waals surface area contributed by atoms with E-state index in [0.717, 1.165) is 23.6 Å². The van der Waals surface area contributed by atoms with Gasteiger partial charge >= 0.3 is 5.97 Å². The Morgan fingerprint density at radius 2 is 1.67 bits per heavy atom. The SMILES string of the molecule is COC(=O)CC(=N)N[C@H]1CC[C@H](C(=O)N2CCN(S(=O)(=O)c3ccc4cc(Cl)ccc4c3)CC2)CC1. The van der Waals surface area contributed by atoms with Crippen LogP contribution in [0.3, 0.4) is 0 Å². The van der Waals surface area contributed by atoms with Crippen LogP contribution in [-0.4, -0.2) is 74.7 Å². The normalized spacial score (nSPS) is 21.2. The Bertz CT molecular complexity index is 1250. The number of fused-ring (bicyclic) bond motifs is 1. The van der Waals surface area contributed by atoms with Gasteiger partial charge in [-0.05, 0) is 60.7 Å². The average Bonchev–Trinajstić information content (AvgIpc) is 2.88. The van der Waals surface area contributed by atoms with Crippen LogP contribution in [0.1, 0.15) is 32.1 Å². The van der Waals surface area contributed by atoms with Crippen LogP contribution in [0.25, 0.3) is 10.8 Å². The fourth-order valence-corrected chi connectivity index (χ4v) is 6.55. The lowest BCUT2D eigenvalue weighted by Crippen LogP contribution is -2.52. The van der Waals surface area contributed by atoms with Crippen LogP contribution >= 0.6 is 11.6 Å². The maximum absolute atomic E-state index is 13.2. The molecule has 1 aliphatic heterocycles. The molecule has 0 aromatic heterocycles. The average molecular weight is 535 g/mol. The fraction of sp³-hybridized carbons (Fsp3) is 0.480. The first kappa shape index (κ1) is 26.4. The lowest BCUT2D eigenvalue weighted by atomic mass is 9.85. The van der Waals surface area contributed by atoms with Crippen molar-refractivity contribution in [3.63, 3.8) is 0 Å². The molecule has 36 heavy (non-hydrogen) atoms. The smallest absolute Gasteiger partial charge is 0.313 e. The molecular weight excluding hydrogens is 504 g/mol. The van der Waals surface area contributed by atoms with Crippen LogP contribution in [0, 0.1) is 11.3 Å². The van der Waals surface area contributed by atoms with Crippen LogP contribution < -0.4 is 5.32 Å². The second kappa shape index (κ2) is 11.1. The molecule has 0 unspecified atom stereocenters. The minimum absolute atomic E-state index is 0.0613.